The second-order valence-electron chi connectivity index (χ2n) is 4.74. The van der Waals surface area contributed by atoms with Crippen LogP contribution in [0.3, 0.4) is 0 Å². The van der Waals surface area contributed by atoms with Crippen molar-refractivity contribution in [2.45, 2.75) is 20.0 Å². The lowest BCUT2D eigenvalue weighted by molar-refractivity contribution is 0.244. The first kappa shape index (κ1) is 13.1. The van der Waals surface area contributed by atoms with Crippen LogP contribution in [0, 0.1) is 0 Å². The van der Waals surface area contributed by atoms with Gasteiger partial charge in [0.25, 0.3) is 5.56 Å². The van der Waals surface area contributed by atoms with E-state index in [0.29, 0.717) is 17.1 Å². The lowest BCUT2D eigenvalue weighted by atomic mass is 10.2. The first-order valence-electron chi connectivity index (χ1n) is 6.38. The smallest absolute Gasteiger partial charge is 0.325 e. The molecular weight excluding hydrogens is 274 g/mol. The molecule has 0 spiro atoms. The summed E-state index contributed by atoms with van der Waals surface area (Å²) in [4.78, 5) is 31.7. The van der Waals surface area contributed by atoms with Gasteiger partial charge in [-0.15, -0.1) is 0 Å². The molecule has 2 N–H and O–H groups in total. The van der Waals surface area contributed by atoms with E-state index in [0.717, 1.165) is 0 Å². The second kappa shape index (κ2) is 4.89. The SMILES string of the molecule is CC(C)Oc1cc(-c2c[nH]c(=O)[nH]c2=O)nn2ccnc12. The number of nitrogens with one attached hydrogen (secondary N) is 2. The minimum atomic E-state index is -0.564. The summed E-state index contributed by atoms with van der Waals surface area (Å²) in [7, 11) is 0. The molecule has 21 heavy (non-hydrogen) atoms. The third-order valence-electron chi connectivity index (χ3n) is 2.78. The highest BCUT2D eigenvalue weighted by Crippen LogP contribution is 2.23. The fourth-order valence-electron chi connectivity index (χ4n) is 1.96. The van der Waals surface area contributed by atoms with E-state index < -0.39 is 11.2 Å². The van der Waals surface area contributed by atoms with Crippen LogP contribution in [0.5, 0.6) is 5.75 Å². The van der Waals surface area contributed by atoms with Gasteiger partial charge in [-0.05, 0) is 13.8 Å². The van der Waals surface area contributed by atoms with Gasteiger partial charge in [0.2, 0.25) is 0 Å². The number of rotatable bonds is 3. The number of aromatic amines is 2. The van der Waals surface area contributed by atoms with Crippen LogP contribution in [0.25, 0.3) is 16.9 Å². The topological polar surface area (TPSA) is 105 Å². The maximum Gasteiger partial charge on any atom is 0.325 e. The van der Waals surface area contributed by atoms with Gasteiger partial charge < -0.3 is 9.72 Å². The Balaban J connectivity index is 2.23. The third kappa shape index (κ3) is 2.42. The standard InChI is InChI=1S/C13H13N5O3/c1-7(2)21-10-5-9(17-18-4-3-14-11(10)18)8-6-15-13(20)16-12(8)19/h3-7H,1-2H3,(H2,15,16,19,20). The summed E-state index contributed by atoms with van der Waals surface area (Å²) in [6.07, 6.45) is 4.53. The van der Waals surface area contributed by atoms with Crippen LogP contribution >= 0.6 is 0 Å². The van der Waals surface area contributed by atoms with Gasteiger partial charge in [0, 0.05) is 24.7 Å². The monoisotopic (exact) mass is 287 g/mol. The van der Waals surface area contributed by atoms with Gasteiger partial charge in [0.1, 0.15) is 5.69 Å². The van der Waals surface area contributed by atoms with E-state index in [1.165, 1.54) is 10.7 Å². The molecule has 0 saturated heterocycles. The van der Waals surface area contributed by atoms with Gasteiger partial charge in [-0.2, -0.15) is 5.10 Å². The van der Waals surface area contributed by atoms with Gasteiger partial charge in [0.15, 0.2) is 11.4 Å². The van der Waals surface area contributed by atoms with Crippen molar-refractivity contribution in [3.63, 3.8) is 0 Å². The van der Waals surface area contributed by atoms with Crippen molar-refractivity contribution in [1.82, 2.24) is 24.6 Å². The van der Waals surface area contributed by atoms with Crippen LogP contribution in [-0.4, -0.2) is 30.7 Å². The number of nitrogens with zero attached hydrogens (tertiary/aromatic N) is 3. The average molecular weight is 287 g/mol. The molecule has 0 aliphatic rings. The molecule has 3 rings (SSSR count). The largest absolute Gasteiger partial charge is 0.487 e. The minimum Gasteiger partial charge on any atom is -0.487 e. The number of aromatic nitrogens is 5. The van der Waals surface area contributed by atoms with Gasteiger partial charge in [0.05, 0.1) is 11.7 Å². The zero-order chi connectivity index (χ0) is 15.0. The van der Waals surface area contributed by atoms with Crippen LogP contribution in [-0.2, 0) is 0 Å². The van der Waals surface area contributed by atoms with Crippen molar-refractivity contribution < 1.29 is 4.74 Å². The molecule has 108 valence electrons. The summed E-state index contributed by atoms with van der Waals surface area (Å²) < 4.78 is 7.23. The van der Waals surface area contributed by atoms with Crippen LogP contribution in [0.15, 0.2) is 34.2 Å². The lowest BCUT2D eigenvalue weighted by Crippen LogP contribution is -2.23. The number of hydrogen-bond donors (Lipinski definition) is 2. The molecule has 0 aliphatic heterocycles. The van der Waals surface area contributed by atoms with Crippen molar-refractivity contribution in [3.05, 3.63) is 45.5 Å². The third-order valence-corrected chi connectivity index (χ3v) is 2.78. The summed E-state index contributed by atoms with van der Waals surface area (Å²) >= 11 is 0. The van der Waals surface area contributed by atoms with Crippen LogP contribution in [0.2, 0.25) is 0 Å². The highest BCUT2D eigenvalue weighted by molar-refractivity contribution is 5.64. The average Bonchev–Trinajstić information content (AvgIpc) is 2.86. The normalized spacial score (nSPS) is 11.2. The fraction of sp³-hybridized carbons (Fsp3) is 0.231. The summed E-state index contributed by atoms with van der Waals surface area (Å²) in [5.74, 6) is 0.519. The summed E-state index contributed by atoms with van der Waals surface area (Å²) in [6.45, 7) is 3.79. The predicted molar refractivity (Wildman–Crippen MR) is 75.4 cm³/mol. The molecule has 0 fully saturated rings. The van der Waals surface area contributed by atoms with E-state index in [2.05, 4.69) is 20.1 Å². The summed E-state index contributed by atoms with van der Waals surface area (Å²) in [6, 6.07) is 1.63. The summed E-state index contributed by atoms with van der Waals surface area (Å²) in [5, 5.41) is 4.30. The Kier molecular flexibility index (Phi) is 3.05. The Labute approximate surface area is 118 Å². The number of hydrogen-bond acceptors (Lipinski definition) is 5. The summed E-state index contributed by atoms with van der Waals surface area (Å²) in [5.41, 5.74) is 0.119. The predicted octanol–water partition coefficient (Wildman–Crippen LogP) is 0.560. The minimum absolute atomic E-state index is 0.0467. The number of ether oxygens (including phenoxy) is 1. The molecule has 3 heterocycles. The second-order valence-corrected chi connectivity index (χ2v) is 4.74. The van der Waals surface area contributed by atoms with Crippen LogP contribution in [0.1, 0.15) is 13.8 Å². The molecular formula is C13H13N5O3. The number of fused-ring (bicyclic) bond motifs is 1. The Morgan fingerprint density at radius 1 is 1.33 bits per heavy atom. The molecule has 8 nitrogen and oxygen atoms in total. The van der Waals surface area contributed by atoms with E-state index in [9.17, 15) is 9.59 Å². The van der Waals surface area contributed by atoms with Gasteiger partial charge in [-0.1, -0.05) is 0 Å². The first-order chi connectivity index (χ1) is 10.0. The van der Waals surface area contributed by atoms with Crippen molar-refractivity contribution >= 4 is 5.65 Å². The molecule has 3 aromatic heterocycles. The Hall–Kier alpha value is -2.90. The first-order valence-corrected chi connectivity index (χ1v) is 6.38. The number of imidazole rings is 1. The molecule has 0 radical (unpaired) electrons. The zero-order valence-electron chi connectivity index (χ0n) is 11.5. The van der Waals surface area contributed by atoms with E-state index in [-0.39, 0.29) is 11.7 Å². The van der Waals surface area contributed by atoms with E-state index in [1.807, 2.05) is 13.8 Å². The molecule has 0 bridgehead atoms. The highest BCUT2D eigenvalue weighted by Gasteiger charge is 2.13. The molecule has 8 heteroatoms. The van der Waals surface area contributed by atoms with Crippen molar-refractivity contribution in [2.24, 2.45) is 0 Å². The van der Waals surface area contributed by atoms with Gasteiger partial charge in [-0.3, -0.25) is 9.78 Å². The Morgan fingerprint density at radius 2 is 2.14 bits per heavy atom. The quantitative estimate of drug-likeness (QED) is 0.732. The van der Waals surface area contributed by atoms with Crippen molar-refractivity contribution in [1.29, 1.82) is 0 Å². The van der Waals surface area contributed by atoms with Crippen molar-refractivity contribution in [3.8, 4) is 17.0 Å². The molecule has 0 aromatic carbocycles. The van der Waals surface area contributed by atoms with Gasteiger partial charge in [-0.25, -0.2) is 14.3 Å². The molecule has 0 unspecified atom stereocenters. The van der Waals surface area contributed by atoms with Gasteiger partial charge >= 0.3 is 5.69 Å². The van der Waals surface area contributed by atoms with Crippen molar-refractivity contribution in [2.75, 3.05) is 0 Å². The molecule has 0 saturated carbocycles. The van der Waals surface area contributed by atoms with E-state index in [4.69, 9.17) is 4.74 Å². The zero-order valence-corrected chi connectivity index (χ0v) is 11.5. The molecule has 0 aliphatic carbocycles. The fourth-order valence-corrected chi connectivity index (χ4v) is 1.96. The maximum absolute atomic E-state index is 11.9. The van der Waals surface area contributed by atoms with E-state index in [1.54, 1.807) is 18.5 Å². The molecule has 0 amide bonds. The Morgan fingerprint density at radius 3 is 2.86 bits per heavy atom. The van der Waals surface area contributed by atoms with Crippen LogP contribution < -0.4 is 16.0 Å². The Bertz CT molecular complexity index is 906. The number of H-pyrrole nitrogens is 2. The molecule has 3 aromatic rings. The maximum atomic E-state index is 11.9. The van der Waals surface area contributed by atoms with E-state index >= 15 is 0 Å². The van der Waals surface area contributed by atoms with Crippen LogP contribution in [0.4, 0.5) is 0 Å². The highest BCUT2D eigenvalue weighted by atomic mass is 16.5. The lowest BCUT2D eigenvalue weighted by Gasteiger charge is -2.11. The molecule has 0 atom stereocenters.